The Morgan fingerprint density at radius 3 is 2.26 bits per heavy atom. The first-order valence-corrected chi connectivity index (χ1v) is 7.91. The topological polar surface area (TPSA) is 19.4 Å². The molecule has 0 saturated carbocycles. The summed E-state index contributed by atoms with van der Waals surface area (Å²) in [5, 5.41) is 0. The van der Waals surface area contributed by atoms with Gasteiger partial charge in [0.25, 0.3) is 0 Å². The molecule has 1 aromatic heterocycles. The van der Waals surface area contributed by atoms with Crippen LogP contribution in [0.2, 0.25) is 0 Å². The van der Waals surface area contributed by atoms with Crippen LogP contribution in [0.3, 0.4) is 0 Å². The van der Waals surface area contributed by atoms with Crippen LogP contribution in [0.5, 0.6) is 0 Å². The molecule has 0 fully saturated rings. The molecular weight excluding hydrogens is 282 g/mol. The monoisotopic (exact) mass is 301 g/mol. The zero-order valence-electron chi connectivity index (χ0n) is 13.3. The molecule has 23 heavy (non-hydrogen) atoms. The van der Waals surface area contributed by atoms with Crippen molar-refractivity contribution in [3.8, 4) is 0 Å². The summed E-state index contributed by atoms with van der Waals surface area (Å²) < 4.78 is 0. The molecule has 2 heterocycles. The number of hydrogen-bond acceptors (Lipinski definition) is 3. The van der Waals surface area contributed by atoms with E-state index in [2.05, 4.69) is 83.2 Å². The maximum Gasteiger partial charge on any atom is 0.158 e. The van der Waals surface area contributed by atoms with E-state index >= 15 is 0 Å². The van der Waals surface area contributed by atoms with E-state index in [1.807, 2.05) is 18.3 Å². The van der Waals surface area contributed by atoms with Crippen molar-refractivity contribution in [1.29, 1.82) is 0 Å². The predicted octanol–water partition coefficient (Wildman–Crippen LogP) is 5.03. The van der Waals surface area contributed by atoms with Crippen molar-refractivity contribution in [1.82, 2.24) is 4.98 Å². The van der Waals surface area contributed by atoms with Crippen molar-refractivity contribution in [3.63, 3.8) is 0 Å². The average molecular weight is 301 g/mol. The van der Waals surface area contributed by atoms with E-state index in [4.69, 9.17) is 0 Å². The zero-order valence-corrected chi connectivity index (χ0v) is 13.3. The number of para-hydroxylation sites is 2. The van der Waals surface area contributed by atoms with E-state index in [-0.39, 0.29) is 6.17 Å². The molecule has 3 heteroatoms. The number of aromatic nitrogens is 1. The Bertz CT molecular complexity index is 829. The second-order valence-corrected chi connectivity index (χ2v) is 5.84. The van der Waals surface area contributed by atoms with Gasteiger partial charge in [0.1, 0.15) is 6.17 Å². The van der Waals surface area contributed by atoms with E-state index in [9.17, 15) is 0 Å². The normalized spacial score (nSPS) is 16.5. The van der Waals surface area contributed by atoms with Crippen molar-refractivity contribution in [2.75, 3.05) is 9.80 Å². The molecule has 0 saturated heterocycles. The second kappa shape index (κ2) is 5.43. The van der Waals surface area contributed by atoms with Crippen molar-refractivity contribution >= 4 is 22.9 Å². The molecule has 0 aliphatic carbocycles. The lowest BCUT2D eigenvalue weighted by Crippen LogP contribution is -2.35. The fourth-order valence-electron chi connectivity index (χ4n) is 3.35. The van der Waals surface area contributed by atoms with Crippen LogP contribution in [-0.2, 0) is 0 Å². The Balaban J connectivity index is 1.89. The molecule has 114 valence electrons. The summed E-state index contributed by atoms with van der Waals surface area (Å²) in [6.45, 7) is 4.38. The second-order valence-electron chi connectivity index (χ2n) is 5.84. The first-order valence-electron chi connectivity index (χ1n) is 7.91. The maximum absolute atomic E-state index is 4.66. The summed E-state index contributed by atoms with van der Waals surface area (Å²) in [5.41, 5.74) is 4.81. The van der Waals surface area contributed by atoms with Crippen LogP contribution in [0.1, 0.15) is 12.5 Å². The van der Waals surface area contributed by atoms with Gasteiger partial charge in [-0.3, -0.25) is 0 Å². The Morgan fingerprint density at radius 2 is 1.48 bits per heavy atom. The number of hydrogen-bond donors (Lipinski definition) is 0. The van der Waals surface area contributed by atoms with Crippen LogP contribution in [0.25, 0.3) is 0 Å². The van der Waals surface area contributed by atoms with Gasteiger partial charge in [0.15, 0.2) is 5.82 Å². The molecule has 1 atom stereocenters. The number of fused-ring (bicyclic) bond motifs is 1. The number of pyridine rings is 1. The van der Waals surface area contributed by atoms with Gasteiger partial charge >= 0.3 is 0 Å². The smallest absolute Gasteiger partial charge is 0.158 e. The SMILES string of the molecule is Cc1ccccc1N1c2cccnc2N(c2ccccc2)C1C. The lowest BCUT2D eigenvalue weighted by atomic mass is 10.1. The van der Waals surface area contributed by atoms with Crippen LogP contribution in [-0.4, -0.2) is 11.1 Å². The average Bonchev–Trinajstić information content (AvgIpc) is 2.88. The quantitative estimate of drug-likeness (QED) is 0.662. The van der Waals surface area contributed by atoms with Crippen LogP contribution in [0, 0.1) is 6.92 Å². The highest BCUT2D eigenvalue weighted by Crippen LogP contribution is 2.46. The number of benzene rings is 2. The molecule has 0 bridgehead atoms. The molecule has 2 aromatic carbocycles. The van der Waals surface area contributed by atoms with Gasteiger partial charge in [0.2, 0.25) is 0 Å². The van der Waals surface area contributed by atoms with Crippen molar-refractivity contribution < 1.29 is 0 Å². The molecule has 0 spiro atoms. The number of anilines is 4. The number of rotatable bonds is 2. The highest BCUT2D eigenvalue weighted by atomic mass is 15.4. The van der Waals surface area contributed by atoms with Crippen molar-refractivity contribution in [3.05, 3.63) is 78.5 Å². The molecule has 4 rings (SSSR count). The van der Waals surface area contributed by atoms with E-state index in [0.717, 1.165) is 17.2 Å². The fourth-order valence-corrected chi connectivity index (χ4v) is 3.35. The maximum atomic E-state index is 4.66. The lowest BCUT2D eigenvalue weighted by molar-refractivity contribution is 0.755. The van der Waals surface area contributed by atoms with Gasteiger partial charge in [-0.15, -0.1) is 0 Å². The number of nitrogens with zero attached hydrogens (tertiary/aromatic N) is 3. The molecular formula is C20H19N3. The largest absolute Gasteiger partial charge is 0.317 e. The summed E-state index contributed by atoms with van der Waals surface area (Å²) in [7, 11) is 0. The van der Waals surface area contributed by atoms with Gasteiger partial charge < -0.3 is 9.80 Å². The Hall–Kier alpha value is -2.81. The van der Waals surface area contributed by atoms with E-state index in [0.29, 0.717) is 0 Å². The molecule has 3 nitrogen and oxygen atoms in total. The Labute approximate surface area is 136 Å². The Kier molecular flexibility index (Phi) is 3.27. The van der Waals surface area contributed by atoms with Crippen LogP contribution in [0.15, 0.2) is 72.9 Å². The van der Waals surface area contributed by atoms with Gasteiger partial charge in [-0.05, 0) is 49.7 Å². The first-order chi connectivity index (χ1) is 11.3. The highest BCUT2D eigenvalue weighted by Gasteiger charge is 2.36. The van der Waals surface area contributed by atoms with Crippen molar-refractivity contribution in [2.24, 2.45) is 0 Å². The highest BCUT2D eigenvalue weighted by molar-refractivity contribution is 5.86. The molecule has 0 amide bonds. The van der Waals surface area contributed by atoms with Crippen LogP contribution >= 0.6 is 0 Å². The minimum Gasteiger partial charge on any atom is -0.317 e. The fraction of sp³-hybridized carbons (Fsp3) is 0.150. The standard InChI is InChI=1S/C20H19N3/c1-15-9-6-7-12-18(15)23-16(2)22(17-10-4-3-5-11-17)20-19(23)13-8-14-21-20/h3-14,16H,1-2H3. The number of aryl methyl sites for hydroxylation is 1. The predicted molar refractivity (Wildman–Crippen MR) is 95.6 cm³/mol. The summed E-state index contributed by atoms with van der Waals surface area (Å²) in [5.74, 6) is 1.01. The first kappa shape index (κ1) is 13.8. The van der Waals surface area contributed by atoms with Crippen molar-refractivity contribution in [2.45, 2.75) is 20.0 Å². The summed E-state index contributed by atoms with van der Waals surface area (Å²) in [4.78, 5) is 9.32. The van der Waals surface area contributed by atoms with Gasteiger partial charge in [-0.2, -0.15) is 0 Å². The third-order valence-electron chi connectivity index (χ3n) is 4.41. The van der Waals surface area contributed by atoms with Crippen LogP contribution < -0.4 is 9.80 Å². The van der Waals surface area contributed by atoms with Gasteiger partial charge in [0.05, 0.1) is 5.69 Å². The molecule has 1 unspecified atom stereocenters. The van der Waals surface area contributed by atoms with E-state index in [1.54, 1.807) is 0 Å². The van der Waals surface area contributed by atoms with Gasteiger partial charge in [-0.25, -0.2) is 4.98 Å². The van der Waals surface area contributed by atoms with Gasteiger partial charge in [-0.1, -0.05) is 36.4 Å². The molecule has 1 aliphatic heterocycles. The molecule has 3 aromatic rings. The lowest BCUT2D eigenvalue weighted by Gasteiger charge is -2.30. The minimum absolute atomic E-state index is 0.170. The summed E-state index contributed by atoms with van der Waals surface area (Å²) >= 11 is 0. The van der Waals surface area contributed by atoms with E-state index in [1.165, 1.54) is 11.3 Å². The third-order valence-corrected chi connectivity index (χ3v) is 4.41. The van der Waals surface area contributed by atoms with Crippen LogP contribution in [0.4, 0.5) is 22.9 Å². The minimum atomic E-state index is 0.170. The Morgan fingerprint density at radius 1 is 0.783 bits per heavy atom. The third kappa shape index (κ3) is 2.16. The molecule has 0 N–H and O–H groups in total. The zero-order chi connectivity index (χ0) is 15.8. The van der Waals surface area contributed by atoms with Gasteiger partial charge in [0, 0.05) is 17.6 Å². The molecule has 1 aliphatic rings. The summed E-state index contributed by atoms with van der Waals surface area (Å²) in [6, 6.07) is 23.1. The summed E-state index contributed by atoms with van der Waals surface area (Å²) in [6.07, 6.45) is 2.03. The van der Waals surface area contributed by atoms with E-state index < -0.39 is 0 Å². The molecule has 0 radical (unpaired) electrons.